The average molecular weight is 467 g/mol. The van der Waals surface area contributed by atoms with Crippen LogP contribution in [0.4, 0.5) is 5.00 Å². The number of aromatic nitrogens is 2. The van der Waals surface area contributed by atoms with E-state index in [0.29, 0.717) is 27.6 Å². The minimum atomic E-state index is -0.187. The molecule has 32 heavy (non-hydrogen) atoms. The van der Waals surface area contributed by atoms with Gasteiger partial charge < -0.3 is 9.73 Å². The molecular weight excluding hydrogens is 440 g/mol. The van der Waals surface area contributed by atoms with E-state index in [0.717, 1.165) is 36.0 Å². The molecule has 0 spiro atoms. The molecule has 1 aliphatic rings. The average Bonchev–Trinajstić information content (AvgIpc) is 3.35. The van der Waals surface area contributed by atoms with Crippen molar-refractivity contribution in [3.05, 3.63) is 45.8 Å². The first-order valence-electron chi connectivity index (χ1n) is 10.6. The monoisotopic (exact) mass is 466 g/mol. The first-order chi connectivity index (χ1) is 15.2. The molecule has 0 saturated heterocycles. The highest BCUT2D eigenvalue weighted by Gasteiger charge is 2.32. The SMILES string of the molecule is Cc1cccc(-c2nnc(SCC(=O)Nc3sc4c(c3C#N)CC[C@@H](C(C)(C)C)C4)o2)c1. The summed E-state index contributed by atoms with van der Waals surface area (Å²) in [5, 5.41) is 21.8. The minimum absolute atomic E-state index is 0.132. The zero-order valence-corrected chi connectivity index (χ0v) is 20.3. The zero-order valence-electron chi connectivity index (χ0n) is 18.7. The molecule has 6 nitrogen and oxygen atoms in total. The van der Waals surface area contributed by atoms with Crippen LogP contribution in [0, 0.1) is 29.6 Å². The van der Waals surface area contributed by atoms with Crippen LogP contribution in [0.5, 0.6) is 0 Å². The smallest absolute Gasteiger partial charge is 0.277 e. The van der Waals surface area contributed by atoms with Gasteiger partial charge in [0, 0.05) is 10.4 Å². The van der Waals surface area contributed by atoms with E-state index < -0.39 is 0 Å². The molecule has 1 aromatic carbocycles. The van der Waals surface area contributed by atoms with Crippen molar-refractivity contribution in [1.29, 1.82) is 5.26 Å². The molecule has 0 aliphatic heterocycles. The van der Waals surface area contributed by atoms with Crippen molar-refractivity contribution in [2.24, 2.45) is 11.3 Å². The first kappa shape index (κ1) is 22.6. The summed E-state index contributed by atoms with van der Waals surface area (Å²) in [6.45, 7) is 8.80. The molecule has 1 aliphatic carbocycles. The second kappa shape index (κ2) is 9.08. The van der Waals surface area contributed by atoms with Crippen LogP contribution < -0.4 is 5.32 Å². The van der Waals surface area contributed by atoms with Gasteiger partial charge in [0.15, 0.2) is 0 Å². The lowest BCUT2D eigenvalue weighted by Gasteiger charge is -2.33. The lowest BCUT2D eigenvalue weighted by Crippen LogP contribution is -2.26. The van der Waals surface area contributed by atoms with Gasteiger partial charge >= 0.3 is 0 Å². The number of nitriles is 1. The lowest BCUT2D eigenvalue weighted by atomic mass is 9.72. The number of fused-ring (bicyclic) bond motifs is 1. The summed E-state index contributed by atoms with van der Waals surface area (Å²) in [5.74, 6) is 0.961. The van der Waals surface area contributed by atoms with Crippen molar-refractivity contribution in [3.8, 4) is 17.5 Å². The Morgan fingerprint density at radius 1 is 1.38 bits per heavy atom. The maximum Gasteiger partial charge on any atom is 0.277 e. The molecule has 1 atom stereocenters. The van der Waals surface area contributed by atoms with Crippen LogP contribution in [0.1, 0.15) is 48.8 Å². The van der Waals surface area contributed by atoms with Gasteiger partial charge in [0.1, 0.15) is 11.1 Å². The van der Waals surface area contributed by atoms with Crippen molar-refractivity contribution >= 4 is 34.0 Å². The van der Waals surface area contributed by atoms with Crippen molar-refractivity contribution in [1.82, 2.24) is 10.2 Å². The van der Waals surface area contributed by atoms with Gasteiger partial charge in [0.05, 0.1) is 11.3 Å². The fourth-order valence-corrected chi connectivity index (χ4v) is 5.84. The van der Waals surface area contributed by atoms with Crippen molar-refractivity contribution in [2.75, 3.05) is 11.1 Å². The molecule has 0 unspecified atom stereocenters. The number of aryl methyl sites for hydroxylation is 1. The third-order valence-electron chi connectivity index (χ3n) is 5.85. The normalized spacial score (nSPS) is 15.8. The molecule has 2 aromatic heterocycles. The molecule has 2 heterocycles. The third-order valence-corrected chi connectivity index (χ3v) is 7.84. The summed E-state index contributed by atoms with van der Waals surface area (Å²) in [7, 11) is 0. The maximum atomic E-state index is 12.6. The zero-order chi connectivity index (χ0) is 22.9. The van der Waals surface area contributed by atoms with Crippen LogP contribution in [-0.2, 0) is 17.6 Å². The Morgan fingerprint density at radius 3 is 2.91 bits per heavy atom. The highest BCUT2D eigenvalue weighted by molar-refractivity contribution is 7.99. The van der Waals surface area contributed by atoms with E-state index in [-0.39, 0.29) is 17.1 Å². The van der Waals surface area contributed by atoms with Gasteiger partial charge in [-0.1, -0.05) is 50.2 Å². The van der Waals surface area contributed by atoms with E-state index in [2.05, 4.69) is 42.4 Å². The van der Waals surface area contributed by atoms with E-state index in [1.54, 1.807) is 11.3 Å². The predicted octanol–water partition coefficient (Wildman–Crippen LogP) is 5.86. The quantitative estimate of drug-likeness (QED) is 0.474. The fourth-order valence-electron chi connectivity index (χ4n) is 3.98. The molecule has 0 saturated carbocycles. The van der Waals surface area contributed by atoms with Gasteiger partial charge in [-0.2, -0.15) is 5.26 Å². The third kappa shape index (κ3) is 4.89. The maximum absolute atomic E-state index is 12.6. The Labute approximate surface area is 196 Å². The molecule has 4 rings (SSSR count). The number of hydrogen-bond acceptors (Lipinski definition) is 7. The summed E-state index contributed by atoms with van der Waals surface area (Å²) >= 11 is 2.73. The number of thiophene rings is 1. The second-order valence-corrected chi connectivity index (χ2v) is 11.2. The first-order valence-corrected chi connectivity index (χ1v) is 12.4. The number of nitrogens with one attached hydrogen (secondary N) is 1. The van der Waals surface area contributed by atoms with Gasteiger partial charge in [-0.15, -0.1) is 21.5 Å². The number of benzene rings is 1. The minimum Gasteiger partial charge on any atom is -0.411 e. The Kier molecular flexibility index (Phi) is 6.40. The largest absolute Gasteiger partial charge is 0.411 e. The number of amides is 1. The molecule has 166 valence electrons. The molecule has 1 N–H and O–H groups in total. The number of thioether (sulfide) groups is 1. The predicted molar refractivity (Wildman–Crippen MR) is 128 cm³/mol. The van der Waals surface area contributed by atoms with Crippen molar-refractivity contribution in [3.63, 3.8) is 0 Å². The number of hydrogen-bond donors (Lipinski definition) is 1. The number of nitrogens with zero attached hydrogens (tertiary/aromatic N) is 3. The molecule has 0 bridgehead atoms. The number of carbonyl (C=O) groups is 1. The van der Waals surface area contributed by atoms with Gasteiger partial charge in [-0.05, 0) is 55.2 Å². The summed E-state index contributed by atoms with van der Waals surface area (Å²) in [5.41, 5.74) is 3.92. The Morgan fingerprint density at radius 2 is 2.19 bits per heavy atom. The lowest BCUT2D eigenvalue weighted by molar-refractivity contribution is -0.113. The van der Waals surface area contributed by atoms with Crippen LogP contribution in [0.3, 0.4) is 0 Å². The van der Waals surface area contributed by atoms with E-state index >= 15 is 0 Å². The number of rotatable bonds is 5. The standard InChI is InChI=1S/C24H26N4O2S2/c1-14-6-5-7-15(10-14)21-27-28-23(30-21)31-13-20(29)26-22-18(12-25)17-9-8-16(24(2,3)4)11-19(17)32-22/h5-7,10,16H,8-9,11,13H2,1-4H3,(H,26,29)/t16-/m1/s1. The van der Waals surface area contributed by atoms with Gasteiger partial charge in [-0.25, -0.2) is 0 Å². The van der Waals surface area contributed by atoms with E-state index in [4.69, 9.17) is 4.42 Å². The summed E-state index contributed by atoms with van der Waals surface area (Å²) in [4.78, 5) is 13.8. The van der Waals surface area contributed by atoms with Gasteiger partial charge in [0.25, 0.3) is 5.22 Å². The van der Waals surface area contributed by atoms with Crippen molar-refractivity contribution < 1.29 is 9.21 Å². The van der Waals surface area contributed by atoms with Gasteiger partial charge in [0.2, 0.25) is 11.8 Å². The highest BCUT2D eigenvalue weighted by atomic mass is 32.2. The Balaban J connectivity index is 1.40. The molecule has 3 aromatic rings. The van der Waals surface area contributed by atoms with Gasteiger partial charge in [-0.3, -0.25) is 4.79 Å². The fraction of sp³-hybridized carbons (Fsp3) is 0.417. The van der Waals surface area contributed by atoms with E-state index in [1.165, 1.54) is 16.6 Å². The summed E-state index contributed by atoms with van der Waals surface area (Å²) < 4.78 is 5.69. The Hall–Kier alpha value is -2.63. The van der Waals surface area contributed by atoms with Crippen molar-refractivity contribution in [2.45, 2.75) is 52.2 Å². The van der Waals surface area contributed by atoms with Crippen LogP contribution >= 0.6 is 23.1 Å². The molecule has 8 heteroatoms. The van der Waals surface area contributed by atoms with E-state index in [9.17, 15) is 10.1 Å². The van der Waals surface area contributed by atoms with Crippen LogP contribution in [0.2, 0.25) is 0 Å². The van der Waals surface area contributed by atoms with Crippen LogP contribution in [0.25, 0.3) is 11.5 Å². The summed E-state index contributed by atoms with van der Waals surface area (Å²) in [6, 6.07) is 10.1. The topological polar surface area (TPSA) is 91.8 Å². The molecular formula is C24H26N4O2S2. The molecule has 0 radical (unpaired) electrons. The highest BCUT2D eigenvalue weighted by Crippen LogP contribution is 2.44. The van der Waals surface area contributed by atoms with E-state index in [1.807, 2.05) is 31.2 Å². The number of carbonyl (C=O) groups excluding carboxylic acids is 1. The summed E-state index contributed by atoms with van der Waals surface area (Å²) in [6.07, 6.45) is 2.93. The van der Waals surface area contributed by atoms with Crippen LogP contribution in [-0.4, -0.2) is 21.9 Å². The number of anilines is 1. The Bertz CT molecular complexity index is 1180. The molecule has 0 fully saturated rings. The van der Waals surface area contributed by atoms with Crippen LogP contribution in [0.15, 0.2) is 33.9 Å². The second-order valence-electron chi connectivity index (χ2n) is 9.20. The molecule has 1 amide bonds.